The smallest absolute Gasteiger partial charge is 0.0788 e. The number of hydrogen-bond donors (Lipinski definition) is 2. The van der Waals surface area contributed by atoms with E-state index in [0.29, 0.717) is 6.54 Å². The van der Waals surface area contributed by atoms with Gasteiger partial charge < -0.3 is 10.4 Å². The van der Waals surface area contributed by atoms with E-state index in [9.17, 15) is 5.11 Å². The second kappa shape index (κ2) is 5.17. The summed E-state index contributed by atoms with van der Waals surface area (Å²) in [6.45, 7) is 6.57. The summed E-state index contributed by atoms with van der Waals surface area (Å²) in [4.78, 5) is 0. The molecule has 0 bridgehead atoms. The lowest BCUT2D eigenvalue weighted by Crippen LogP contribution is -2.32. The van der Waals surface area contributed by atoms with Crippen molar-refractivity contribution in [3.63, 3.8) is 0 Å². The van der Waals surface area contributed by atoms with Crippen LogP contribution in [0.4, 0.5) is 5.69 Å². The molecule has 2 heteroatoms. The van der Waals surface area contributed by atoms with E-state index in [1.807, 2.05) is 13.8 Å². The SMILES string of the molecule is CCc1ccc(NCC(C)(O)CC)cc1. The van der Waals surface area contributed by atoms with Crippen LogP contribution in [-0.4, -0.2) is 17.3 Å². The first-order valence-electron chi connectivity index (χ1n) is 5.62. The fourth-order valence-corrected chi connectivity index (χ4v) is 1.28. The molecule has 1 atom stereocenters. The van der Waals surface area contributed by atoms with Crippen LogP contribution >= 0.6 is 0 Å². The van der Waals surface area contributed by atoms with Crippen molar-refractivity contribution >= 4 is 5.69 Å². The fourth-order valence-electron chi connectivity index (χ4n) is 1.28. The number of benzene rings is 1. The number of rotatable bonds is 5. The molecule has 0 radical (unpaired) electrons. The Balaban J connectivity index is 2.51. The lowest BCUT2D eigenvalue weighted by atomic mass is 10.0. The van der Waals surface area contributed by atoms with Gasteiger partial charge in [0.25, 0.3) is 0 Å². The summed E-state index contributed by atoms with van der Waals surface area (Å²) in [5.41, 5.74) is 1.78. The van der Waals surface area contributed by atoms with E-state index in [1.165, 1.54) is 5.56 Å². The van der Waals surface area contributed by atoms with Crippen LogP contribution in [0, 0.1) is 0 Å². The van der Waals surface area contributed by atoms with Crippen LogP contribution < -0.4 is 5.32 Å². The van der Waals surface area contributed by atoms with Crippen LogP contribution in [0.1, 0.15) is 32.8 Å². The zero-order valence-corrected chi connectivity index (χ0v) is 9.88. The molecule has 0 aliphatic rings. The lowest BCUT2D eigenvalue weighted by molar-refractivity contribution is 0.0697. The lowest BCUT2D eigenvalue weighted by Gasteiger charge is -2.22. The highest BCUT2D eigenvalue weighted by molar-refractivity contribution is 5.44. The molecule has 2 nitrogen and oxygen atoms in total. The van der Waals surface area contributed by atoms with Crippen LogP contribution in [0.2, 0.25) is 0 Å². The first-order chi connectivity index (χ1) is 7.07. The minimum Gasteiger partial charge on any atom is -0.388 e. The maximum absolute atomic E-state index is 9.82. The average Bonchev–Trinajstić information content (AvgIpc) is 2.27. The van der Waals surface area contributed by atoms with Crippen LogP contribution in [0.5, 0.6) is 0 Å². The van der Waals surface area contributed by atoms with Gasteiger partial charge in [-0.15, -0.1) is 0 Å². The number of anilines is 1. The molecule has 0 fully saturated rings. The Morgan fingerprint density at radius 3 is 2.27 bits per heavy atom. The highest BCUT2D eigenvalue weighted by Gasteiger charge is 2.16. The molecule has 0 saturated heterocycles. The van der Waals surface area contributed by atoms with Crippen molar-refractivity contribution in [2.75, 3.05) is 11.9 Å². The Bertz CT molecular complexity index is 290. The van der Waals surface area contributed by atoms with E-state index in [-0.39, 0.29) is 0 Å². The first kappa shape index (κ1) is 12.1. The number of hydrogen-bond acceptors (Lipinski definition) is 2. The van der Waals surface area contributed by atoms with Gasteiger partial charge in [-0.3, -0.25) is 0 Å². The van der Waals surface area contributed by atoms with Gasteiger partial charge in [-0.1, -0.05) is 26.0 Å². The normalized spacial score (nSPS) is 14.7. The summed E-state index contributed by atoms with van der Waals surface area (Å²) >= 11 is 0. The molecule has 0 aliphatic carbocycles. The maximum atomic E-state index is 9.82. The van der Waals surface area contributed by atoms with Gasteiger partial charge in [0, 0.05) is 12.2 Å². The Morgan fingerprint density at radius 1 is 1.20 bits per heavy atom. The monoisotopic (exact) mass is 207 g/mol. The van der Waals surface area contributed by atoms with E-state index < -0.39 is 5.60 Å². The van der Waals surface area contributed by atoms with Gasteiger partial charge in [-0.2, -0.15) is 0 Å². The molecule has 1 aromatic carbocycles. The Kier molecular flexibility index (Phi) is 4.15. The molecule has 2 N–H and O–H groups in total. The van der Waals surface area contributed by atoms with E-state index in [1.54, 1.807) is 0 Å². The molecule has 0 spiro atoms. The molecular formula is C13H21NO. The summed E-state index contributed by atoms with van der Waals surface area (Å²) in [6.07, 6.45) is 1.82. The molecule has 1 unspecified atom stereocenters. The summed E-state index contributed by atoms with van der Waals surface area (Å²) in [5, 5.41) is 13.1. The Morgan fingerprint density at radius 2 is 1.80 bits per heavy atom. The first-order valence-corrected chi connectivity index (χ1v) is 5.62. The van der Waals surface area contributed by atoms with Gasteiger partial charge in [0.1, 0.15) is 0 Å². The van der Waals surface area contributed by atoms with Crippen molar-refractivity contribution in [3.8, 4) is 0 Å². The topological polar surface area (TPSA) is 32.3 Å². The zero-order valence-electron chi connectivity index (χ0n) is 9.88. The highest BCUT2D eigenvalue weighted by atomic mass is 16.3. The van der Waals surface area contributed by atoms with Crippen LogP contribution in [-0.2, 0) is 6.42 Å². The molecule has 1 rings (SSSR count). The van der Waals surface area contributed by atoms with Crippen LogP contribution in [0.25, 0.3) is 0 Å². The standard InChI is InChI=1S/C13H21NO/c1-4-11-6-8-12(9-7-11)14-10-13(3,15)5-2/h6-9,14-15H,4-5,10H2,1-3H3. The van der Waals surface area contributed by atoms with Gasteiger partial charge in [-0.05, 0) is 37.5 Å². The zero-order chi connectivity index (χ0) is 11.3. The minimum absolute atomic E-state index is 0.592. The third-order valence-corrected chi connectivity index (χ3v) is 2.80. The predicted octanol–water partition coefficient (Wildman–Crippen LogP) is 2.82. The van der Waals surface area contributed by atoms with E-state index >= 15 is 0 Å². The summed E-state index contributed by atoms with van der Waals surface area (Å²) < 4.78 is 0. The van der Waals surface area contributed by atoms with Gasteiger partial charge in [0.05, 0.1) is 5.60 Å². The number of aryl methyl sites for hydroxylation is 1. The molecule has 1 aromatic rings. The van der Waals surface area contributed by atoms with Crippen LogP contribution in [0.3, 0.4) is 0 Å². The second-order valence-electron chi connectivity index (χ2n) is 4.25. The summed E-state index contributed by atoms with van der Waals surface area (Å²) in [5.74, 6) is 0. The Hall–Kier alpha value is -1.02. The molecular weight excluding hydrogens is 186 g/mol. The summed E-state index contributed by atoms with van der Waals surface area (Å²) in [6, 6.07) is 8.35. The molecule has 0 amide bonds. The minimum atomic E-state index is -0.622. The quantitative estimate of drug-likeness (QED) is 0.778. The van der Waals surface area contributed by atoms with Crippen molar-refractivity contribution in [2.45, 2.75) is 39.2 Å². The average molecular weight is 207 g/mol. The largest absolute Gasteiger partial charge is 0.388 e. The van der Waals surface area contributed by atoms with Crippen molar-refractivity contribution in [3.05, 3.63) is 29.8 Å². The van der Waals surface area contributed by atoms with Crippen LogP contribution in [0.15, 0.2) is 24.3 Å². The molecule has 84 valence electrons. The third-order valence-electron chi connectivity index (χ3n) is 2.80. The fraction of sp³-hybridized carbons (Fsp3) is 0.538. The molecule has 15 heavy (non-hydrogen) atoms. The van der Waals surface area contributed by atoms with Gasteiger partial charge in [-0.25, -0.2) is 0 Å². The summed E-state index contributed by atoms with van der Waals surface area (Å²) in [7, 11) is 0. The molecule has 0 aliphatic heterocycles. The molecule has 0 heterocycles. The second-order valence-corrected chi connectivity index (χ2v) is 4.25. The Labute approximate surface area is 92.3 Å². The number of aliphatic hydroxyl groups is 1. The van der Waals surface area contributed by atoms with E-state index in [2.05, 4.69) is 36.5 Å². The van der Waals surface area contributed by atoms with Gasteiger partial charge in [0.15, 0.2) is 0 Å². The van der Waals surface area contributed by atoms with E-state index in [4.69, 9.17) is 0 Å². The van der Waals surface area contributed by atoms with E-state index in [0.717, 1.165) is 18.5 Å². The van der Waals surface area contributed by atoms with Crippen molar-refractivity contribution in [1.82, 2.24) is 0 Å². The van der Waals surface area contributed by atoms with Gasteiger partial charge >= 0.3 is 0 Å². The highest BCUT2D eigenvalue weighted by Crippen LogP contribution is 2.13. The molecule has 0 aromatic heterocycles. The number of nitrogens with one attached hydrogen (secondary N) is 1. The van der Waals surface area contributed by atoms with Crippen molar-refractivity contribution in [2.24, 2.45) is 0 Å². The van der Waals surface area contributed by atoms with Gasteiger partial charge in [0.2, 0.25) is 0 Å². The third kappa shape index (κ3) is 3.92. The predicted molar refractivity (Wildman–Crippen MR) is 65.2 cm³/mol. The van der Waals surface area contributed by atoms with Crippen molar-refractivity contribution < 1.29 is 5.11 Å². The molecule has 0 saturated carbocycles. The maximum Gasteiger partial charge on any atom is 0.0788 e. The van der Waals surface area contributed by atoms with Crippen molar-refractivity contribution in [1.29, 1.82) is 0 Å².